The molecule has 136 valence electrons. The van der Waals surface area contributed by atoms with Crippen molar-refractivity contribution in [3.63, 3.8) is 0 Å². The predicted molar refractivity (Wildman–Crippen MR) is 107 cm³/mol. The number of nitrogens with one attached hydrogen (secondary N) is 3. The van der Waals surface area contributed by atoms with Crippen LogP contribution in [-0.4, -0.2) is 32.0 Å². The summed E-state index contributed by atoms with van der Waals surface area (Å²) in [7, 11) is 1.73. The molecule has 0 bridgehead atoms. The second-order valence-corrected chi connectivity index (χ2v) is 6.20. The van der Waals surface area contributed by atoms with Gasteiger partial charge in [0.15, 0.2) is 5.96 Å². The van der Waals surface area contributed by atoms with Gasteiger partial charge < -0.3 is 20.4 Å². The lowest BCUT2D eigenvalue weighted by molar-refractivity contribution is -0.120. The number of aliphatic imine (C=N–C) groups is 1. The maximum absolute atomic E-state index is 11.8. The van der Waals surface area contributed by atoms with Crippen molar-refractivity contribution in [3.05, 3.63) is 24.2 Å². The van der Waals surface area contributed by atoms with Crippen LogP contribution in [0.5, 0.6) is 0 Å². The maximum atomic E-state index is 11.8. The fourth-order valence-corrected chi connectivity index (χ4v) is 3.10. The first-order valence-corrected chi connectivity index (χ1v) is 8.41. The average molecular weight is 448 g/mol. The van der Waals surface area contributed by atoms with Crippen molar-refractivity contribution in [1.82, 2.24) is 16.0 Å². The van der Waals surface area contributed by atoms with Crippen molar-refractivity contribution >= 4 is 35.8 Å². The second-order valence-electron chi connectivity index (χ2n) is 6.20. The van der Waals surface area contributed by atoms with Gasteiger partial charge in [-0.25, -0.2) is 0 Å². The Hall–Kier alpha value is -1.25. The van der Waals surface area contributed by atoms with Gasteiger partial charge in [-0.2, -0.15) is 0 Å². The third-order valence-corrected chi connectivity index (χ3v) is 4.72. The van der Waals surface area contributed by atoms with Crippen LogP contribution in [0.4, 0.5) is 0 Å². The largest absolute Gasteiger partial charge is 0.467 e. The van der Waals surface area contributed by atoms with E-state index < -0.39 is 0 Å². The third-order valence-electron chi connectivity index (χ3n) is 4.72. The van der Waals surface area contributed by atoms with Crippen LogP contribution in [0.15, 0.2) is 27.8 Å². The van der Waals surface area contributed by atoms with Gasteiger partial charge in [0.2, 0.25) is 5.91 Å². The van der Waals surface area contributed by atoms with Gasteiger partial charge in [-0.05, 0) is 36.8 Å². The van der Waals surface area contributed by atoms with Gasteiger partial charge in [0, 0.05) is 13.6 Å². The molecule has 1 aliphatic rings. The van der Waals surface area contributed by atoms with Crippen LogP contribution in [0.3, 0.4) is 0 Å². The first kappa shape index (κ1) is 20.8. The maximum Gasteiger partial charge on any atom is 0.239 e. The molecule has 0 radical (unpaired) electrons. The van der Waals surface area contributed by atoms with Gasteiger partial charge in [0.05, 0.1) is 19.4 Å². The number of carbonyl (C=O) groups excluding carboxylic acids is 1. The molecule has 1 saturated carbocycles. The van der Waals surface area contributed by atoms with Crippen LogP contribution in [0, 0.1) is 5.41 Å². The monoisotopic (exact) mass is 448 g/mol. The van der Waals surface area contributed by atoms with E-state index in [1.54, 1.807) is 19.4 Å². The van der Waals surface area contributed by atoms with Crippen LogP contribution in [-0.2, 0) is 11.3 Å². The van der Waals surface area contributed by atoms with Crippen LogP contribution in [0.1, 0.15) is 44.8 Å². The standard InChI is InChI=1S/C17H28N4O2.HI/c1-3-17(8-4-5-9-17)13-21-16(18-2)20-12-15(22)19-11-14-7-6-10-23-14;/h6-7,10H,3-5,8-9,11-13H2,1-2H3,(H,19,22)(H2,18,20,21);1H. The normalized spacial score (nSPS) is 16.3. The van der Waals surface area contributed by atoms with E-state index in [4.69, 9.17) is 4.42 Å². The molecule has 1 aromatic heterocycles. The highest BCUT2D eigenvalue weighted by Gasteiger charge is 2.31. The van der Waals surface area contributed by atoms with E-state index >= 15 is 0 Å². The fourth-order valence-electron chi connectivity index (χ4n) is 3.10. The molecule has 3 N–H and O–H groups in total. The number of amides is 1. The summed E-state index contributed by atoms with van der Waals surface area (Å²) in [5, 5.41) is 9.23. The minimum atomic E-state index is -0.0876. The second kappa shape index (κ2) is 10.6. The Morgan fingerprint density at radius 3 is 2.62 bits per heavy atom. The van der Waals surface area contributed by atoms with Crippen LogP contribution < -0.4 is 16.0 Å². The van der Waals surface area contributed by atoms with Crippen LogP contribution in [0.25, 0.3) is 0 Å². The number of guanidine groups is 1. The molecule has 0 atom stereocenters. The zero-order chi connectivity index (χ0) is 16.5. The summed E-state index contributed by atoms with van der Waals surface area (Å²) in [6.07, 6.45) is 7.96. The van der Waals surface area contributed by atoms with Crippen molar-refractivity contribution in [2.45, 2.75) is 45.6 Å². The molecule has 24 heavy (non-hydrogen) atoms. The molecule has 1 fully saturated rings. The molecule has 2 rings (SSSR count). The molecular weight excluding hydrogens is 419 g/mol. The Labute approximate surface area is 161 Å². The van der Waals surface area contributed by atoms with Crippen molar-refractivity contribution in [3.8, 4) is 0 Å². The Bertz CT molecular complexity index is 511. The smallest absolute Gasteiger partial charge is 0.239 e. The van der Waals surface area contributed by atoms with Crippen LogP contribution in [0.2, 0.25) is 0 Å². The Morgan fingerprint density at radius 1 is 1.29 bits per heavy atom. The summed E-state index contributed by atoms with van der Waals surface area (Å²) < 4.78 is 5.18. The minimum Gasteiger partial charge on any atom is -0.467 e. The molecular formula is C17H29IN4O2. The lowest BCUT2D eigenvalue weighted by atomic mass is 9.83. The first-order valence-electron chi connectivity index (χ1n) is 8.41. The molecule has 1 amide bonds. The van der Waals surface area contributed by atoms with Gasteiger partial charge in [-0.3, -0.25) is 9.79 Å². The topological polar surface area (TPSA) is 78.7 Å². The van der Waals surface area contributed by atoms with Gasteiger partial charge in [-0.1, -0.05) is 19.8 Å². The first-order chi connectivity index (χ1) is 11.2. The highest BCUT2D eigenvalue weighted by Crippen LogP contribution is 2.40. The third kappa shape index (κ3) is 6.33. The van der Waals surface area contributed by atoms with Crippen molar-refractivity contribution in [2.75, 3.05) is 20.1 Å². The number of furan rings is 1. The van der Waals surface area contributed by atoms with Gasteiger partial charge in [0.25, 0.3) is 0 Å². The summed E-state index contributed by atoms with van der Waals surface area (Å²) >= 11 is 0. The highest BCUT2D eigenvalue weighted by molar-refractivity contribution is 14.0. The molecule has 6 nitrogen and oxygen atoms in total. The minimum absolute atomic E-state index is 0. The number of hydrogen-bond donors (Lipinski definition) is 3. The van der Waals surface area contributed by atoms with E-state index in [2.05, 4.69) is 27.9 Å². The zero-order valence-corrected chi connectivity index (χ0v) is 16.9. The number of nitrogens with zero attached hydrogens (tertiary/aromatic N) is 1. The number of hydrogen-bond acceptors (Lipinski definition) is 3. The fraction of sp³-hybridized carbons (Fsp3) is 0.647. The Balaban J connectivity index is 0.00000288. The number of rotatable bonds is 7. The Kier molecular flexibility index (Phi) is 9.17. The summed E-state index contributed by atoms with van der Waals surface area (Å²) in [6.45, 7) is 3.76. The lowest BCUT2D eigenvalue weighted by Gasteiger charge is -2.28. The molecule has 1 aromatic rings. The summed E-state index contributed by atoms with van der Waals surface area (Å²) in [5.41, 5.74) is 0.388. The van der Waals surface area contributed by atoms with E-state index in [0.717, 1.165) is 12.3 Å². The van der Waals surface area contributed by atoms with E-state index in [1.165, 1.54) is 32.1 Å². The highest BCUT2D eigenvalue weighted by atomic mass is 127. The molecule has 1 heterocycles. The lowest BCUT2D eigenvalue weighted by Crippen LogP contribution is -2.46. The van der Waals surface area contributed by atoms with Crippen molar-refractivity contribution in [1.29, 1.82) is 0 Å². The molecule has 0 aliphatic heterocycles. The Morgan fingerprint density at radius 2 is 2.04 bits per heavy atom. The quantitative estimate of drug-likeness (QED) is 0.341. The van der Waals surface area contributed by atoms with Crippen LogP contribution >= 0.6 is 24.0 Å². The van der Waals surface area contributed by atoms with Crippen molar-refractivity contribution < 1.29 is 9.21 Å². The molecule has 0 unspecified atom stereocenters. The van der Waals surface area contributed by atoms with E-state index in [0.29, 0.717) is 17.9 Å². The SMILES string of the molecule is CCC1(CNC(=NC)NCC(=O)NCc2ccco2)CCCC1.I. The number of carbonyl (C=O) groups is 1. The molecule has 0 saturated heterocycles. The number of halogens is 1. The average Bonchev–Trinajstić information content (AvgIpc) is 3.25. The molecule has 0 aromatic carbocycles. The van der Waals surface area contributed by atoms with Gasteiger partial charge in [0.1, 0.15) is 5.76 Å². The molecule has 0 spiro atoms. The van der Waals surface area contributed by atoms with Gasteiger partial charge >= 0.3 is 0 Å². The zero-order valence-electron chi connectivity index (χ0n) is 14.6. The summed E-state index contributed by atoms with van der Waals surface area (Å²) in [4.78, 5) is 16.0. The van der Waals surface area contributed by atoms with Crippen molar-refractivity contribution in [2.24, 2.45) is 10.4 Å². The molecule has 7 heteroatoms. The van der Waals surface area contributed by atoms with E-state index in [1.807, 2.05) is 6.07 Å². The molecule has 1 aliphatic carbocycles. The van der Waals surface area contributed by atoms with E-state index in [-0.39, 0.29) is 36.4 Å². The summed E-state index contributed by atoms with van der Waals surface area (Å²) in [6, 6.07) is 3.64. The summed E-state index contributed by atoms with van der Waals surface area (Å²) in [5.74, 6) is 1.33. The predicted octanol–water partition coefficient (Wildman–Crippen LogP) is 2.65. The van der Waals surface area contributed by atoms with E-state index in [9.17, 15) is 4.79 Å². The van der Waals surface area contributed by atoms with Gasteiger partial charge in [-0.15, -0.1) is 24.0 Å².